The fourth-order valence-corrected chi connectivity index (χ4v) is 3.36. The molecule has 7 nitrogen and oxygen atoms in total. The van der Waals surface area contributed by atoms with Crippen LogP contribution in [0.5, 0.6) is 5.75 Å². The SMILES string of the molecule is COC(=O)c1ccc(N2C[C@@H](C)N(C(=O)OC(C)(C)C)[C@@H](C)C2)cc1OC. The molecule has 0 spiro atoms. The number of anilines is 1. The number of hydrogen-bond donors (Lipinski definition) is 0. The van der Waals surface area contributed by atoms with Crippen LogP contribution in [0, 0.1) is 0 Å². The number of benzene rings is 1. The molecule has 1 aromatic carbocycles. The van der Waals surface area contributed by atoms with Gasteiger partial charge in [-0.1, -0.05) is 0 Å². The van der Waals surface area contributed by atoms with E-state index in [0.29, 0.717) is 24.4 Å². The van der Waals surface area contributed by atoms with Gasteiger partial charge < -0.3 is 19.1 Å². The van der Waals surface area contributed by atoms with Gasteiger partial charge in [-0.3, -0.25) is 4.90 Å². The van der Waals surface area contributed by atoms with Gasteiger partial charge in [0.05, 0.1) is 26.3 Å². The number of hydrogen-bond acceptors (Lipinski definition) is 6. The first-order valence-corrected chi connectivity index (χ1v) is 9.10. The predicted molar refractivity (Wildman–Crippen MR) is 104 cm³/mol. The number of nitrogens with zero attached hydrogens (tertiary/aromatic N) is 2. The lowest BCUT2D eigenvalue weighted by atomic mass is 10.1. The smallest absolute Gasteiger partial charge is 0.410 e. The van der Waals surface area contributed by atoms with Crippen LogP contribution in [0.3, 0.4) is 0 Å². The molecule has 0 saturated carbocycles. The molecule has 0 aromatic heterocycles. The van der Waals surface area contributed by atoms with Crippen LogP contribution in [-0.4, -0.2) is 62.0 Å². The van der Waals surface area contributed by atoms with Crippen LogP contribution >= 0.6 is 0 Å². The molecule has 2 rings (SSSR count). The quantitative estimate of drug-likeness (QED) is 0.752. The Balaban J connectivity index is 2.19. The zero-order valence-electron chi connectivity index (χ0n) is 17.2. The van der Waals surface area contributed by atoms with E-state index in [2.05, 4.69) is 4.90 Å². The molecule has 0 aliphatic carbocycles. The first-order valence-electron chi connectivity index (χ1n) is 9.10. The van der Waals surface area contributed by atoms with Crippen LogP contribution in [0.4, 0.5) is 10.5 Å². The Kier molecular flexibility index (Phi) is 6.23. The second kappa shape index (κ2) is 8.06. The van der Waals surface area contributed by atoms with E-state index < -0.39 is 11.6 Å². The molecular weight excluding hydrogens is 348 g/mol. The molecule has 27 heavy (non-hydrogen) atoms. The van der Waals surface area contributed by atoms with E-state index >= 15 is 0 Å². The largest absolute Gasteiger partial charge is 0.496 e. The minimum Gasteiger partial charge on any atom is -0.496 e. The Morgan fingerprint density at radius 3 is 2.15 bits per heavy atom. The maximum Gasteiger partial charge on any atom is 0.410 e. The summed E-state index contributed by atoms with van der Waals surface area (Å²) >= 11 is 0. The molecule has 1 saturated heterocycles. The molecular formula is C20H30N2O5. The fraction of sp³-hybridized carbons (Fsp3) is 0.600. The highest BCUT2D eigenvalue weighted by Crippen LogP contribution is 2.29. The van der Waals surface area contributed by atoms with Crippen molar-refractivity contribution in [2.24, 2.45) is 0 Å². The van der Waals surface area contributed by atoms with E-state index in [-0.39, 0.29) is 18.2 Å². The van der Waals surface area contributed by atoms with E-state index in [1.54, 1.807) is 11.0 Å². The van der Waals surface area contributed by atoms with Gasteiger partial charge in [-0.2, -0.15) is 0 Å². The lowest BCUT2D eigenvalue weighted by Gasteiger charge is -2.45. The third-order valence-corrected chi connectivity index (χ3v) is 4.48. The van der Waals surface area contributed by atoms with E-state index in [1.165, 1.54) is 14.2 Å². The lowest BCUT2D eigenvalue weighted by molar-refractivity contribution is 0.00563. The van der Waals surface area contributed by atoms with Gasteiger partial charge in [-0.05, 0) is 46.8 Å². The van der Waals surface area contributed by atoms with Gasteiger partial charge in [0.25, 0.3) is 0 Å². The van der Waals surface area contributed by atoms with Crippen molar-refractivity contribution in [1.29, 1.82) is 0 Å². The van der Waals surface area contributed by atoms with Gasteiger partial charge in [0, 0.05) is 24.8 Å². The van der Waals surface area contributed by atoms with Crippen LogP contribution < -0.4 is 9.64 Å². The normalized spacial score (nSPS) is 20.3. The topological polar surface area (TPSA) is 68.3 Å². The number of rotatable bonds is 3. The Bertz CT molecular complexity index is 686. The number of ether oxygens (including phenoxy) is 3. The van der Waals surface area contributed by atoms with E-state index in [0.717, 1.165) is 5.69 Å². The highest BCUT2D eigenvalue weighted by Gasteiger charge is 2.35. The van der Waals surface area contributed by atoms with Crippen LogP contribution in [0.1, 0.15) is 45.0 Å². The summed E-state index contributed by atoms with van der Waals surface area (Å²) in [6, 6.07) is 5.37. The lowest BCUT2D eigenvalue weighted by Crippen LogP contribution is -2.59. The van der Waals surface area contributed by atoms with Crippen molar-refractivity contribution in [3.63, 3.8) is 0 Å². The van der Waals surface area contributed by atoms with Crippen molar-refractivity contribution in [1.82, 2.24) is 4.90 Å². The average Bonchev–Trinajstić information content (AvgIpc) is 2.58. The fourth-order valence-electron chi connectivity index (χ4n) is 3.36. The number of piperazine rings is 1. The molecule has 1 fully saturated rings. The highest BCUT2D eigenvalue weighted by atomic mass is 16.6. The highest BCUT2D eigenvalue weighted by molar-refractivity contribution is 5.93. The summed E-state index contributed by atoms with van der Waals surface area (Å²) in [6.45, 7) is 10.9. The molecule has 1 heterocycles. The van der Waals surface area contributed by atoms with Crippen molar-refractivity contribution in [3.05, 3.63) is 23.8 Å². The van der Waals surface area contributed by atoms with Crippen molar-refractivity contribution in [3.8, 4) is 5.75 Å². The Morgan fingerprint density at radius 2 is 1.67 bits per heavy atom. The van der Waals surface area contributed by atoms with Gasteiger partial charge in [-0.15, -0.1) is 0 Å². The number of carbonyl (C=O) groups excluding carboxylic acids is 2. The molecule has 1 amide bonds. The minimum atomic E-state index is -0.523. The minimum absolute atomic E-state index is 0.0186. The molecule has 0 unspecified atom stereocenters. The van der Waals surface area contributed by atoms with Gasteiger partial charge in [0.2, 0.25) is 0 Å². The summed E-state index contributed by atoms with van der Waals surface area (Å²) in [4.78, 5) is 28.4. The standard InChI is InChI=1S/C20H30N2O5/c1-13-11-21(12-14(2)22(13)19(24)27-20(3,4)5)15-8-9-16(18(23)26-7)17(10-15)25-6/h8-10,13-14H,11-12H2,1-7H3/t13-,14+. The van der Waals surface area contributed by atoms with Gasteiger partial charge in [-0.25, -0.2) is 9.59 Å². The molecule has 1 aliphatic heterocycles. The summed E-state index contributed by atoms with van der Waals surface area (Å²) in [5.74, 6) is 0.0316. The van der Waals surface area contributed by atoms with E-state index in [4.69, 9.17) is 14.2 Å². The molecule has 1 aliphatic rings. The third-order valence-electron chi connectivity index (χ3n) is 4.48. The molecule has 0 radical (unpaired) electrons. The summed E-state index contributed by atoms with van der Waals surface area (Å²) in [7, 11) is 2.87. The van der Waals surface area contributed by atoms with Gasteiger partial charge in [0.1, 0.15) is 16.9 Å². The molecule has 2 atom stereocenters. The number of esters is 1. The zero-order valence-corrected chi connectivity index (χ0v) is 17.2. The molecule has 1 aromatic rings. The van der Waals surface area contributed by atoms with Crippen molar-refractivity contribution in [2.75, 3.05) is 32.2 Å². The molecule has 0 N–H and O–H groups in total. The van der Waals surface area contributed by atoms with Crippen molar-refractivity contribution < 1.29 is 23.8 Å². The second-order valence-electron chi connectivity index (χ2n) is 7.87. The number of methoxy groups -OCH3 is 2. The summed E-state index contributed by atoms with van der Waals surface area (Å²) in [6.07, 6.45) is -0.291. The van der Waals surface area contributed by atoms with E-state index in [9.17, 15) is 9.59 Å². The molecule has 150 valence electrons. The monoisotopic (exact) mass is 378 g/mol. The average molecular weight is 378 g/mol. The van der Waals surface area contributed by atoms with E-state index in [1.807, 2.05) is 46.8 Å². The summed E-state index contributed by atoms with van der Waals surface area (Å²) < 4.78 is 15.7. The zero-order chi connectivity index (χ0) is 20.4. The van der Waals surface area contributed by atoms with Crippen LogP contribution in [0.2, 0.25) is 0 Å². The van der Waals surface area contributed by atoms with Gasteiger partial charge in [0.15, 0.2) is 0 Å². The maximum absolute atomic E-state index is 12.5. The molecule has 7 heteroatoms. The predicted octanol–water partition coefficient (Wildman–Crippen LogP) is 3.32. The van der Waals surface area contributed by atoms with Crippen LogP contribution in [0.15, 0.2) is 18.2 Å². The van der Waals surface area contributed by atoms with Crippen molar-refractivity contribution >= 4 is 17.7 Å². The Labute approximate surface area is 161 Å². The second-order valence-corrected chi connectivity index (χ2v) is 7.87. The van der Waals surface area contributed by atoms with Crippen molar-refractivity contribution in [2.45, 2.75) is 52.3 Å². The van der Waals surface area contributed by atoms with Crippen LogP contribution in [0.25, 0.3) is 0 Å². The molecule has 0 bridgehead atoms. The first kappa shape index (κ1) is 20.9. The van der Waals surface area contributed by atoms with Crippen LogP contribution in [-0.2, 0) is 9.47 Å². The Hall–Kier alpha value is -2.44. The Morgan fingerprint density at radius 1 is 1.07 bits per heavy atom. The number of carbonyl (C=O) groups is 2. The third kappa shape index (κ3) is 4.84. The maximum atomic E-state index is 12.5. The number of amides is 1. The first-order chi connectivity index (χ1) is 12.6. The summed E-state index contributed by atoms with van der Waals surface area (Å²) in [5.41, 5.74) is 0.796. The summed E-state index contributed by atoms with van der Waals surface area (Å²) in [5, 5.41) is 0. The van der Waals surface area contributed by atoms with Gasteiger partial charge >= 0.3 is 12.1 Å².